The van der Waals surface area contributed by atoms with Crippen LogP contribution in [0.25, 0.3) is 0 Å². The number of carbonyl (C=O) groups is 1. The van der Waals surface area contributed by atoms with E-state index in [1.807, 2.05) is 0 Å². The third-order valence-electron chi connectivity index (χ3n) is 4.56. The van der Waals surface area contributed by atoms with E-state index in [4.69, 9.17) is 11.6 Å². The van der Waals surface area contributed by atoms with Gasteiger partial charge in [0.1, 0.15) is 0 Å². The molecule has 0 saturated carbocycles. The van der Waals surface area contributed by atoms with E-state index in [1.54, 1.807) is 11.3 Å². The number of piperidine rings is 1. The summed E-state index contributed by atoms with van der Waals surface area (Å²) in [6, 6.07) is -0.0133. The van der Waals surface area contributed by atoms with Crippen molar-refractivity contribution in [2.75, 3.05) is 24.3 Å². The second-order valence-electron chi connectivity index (χ2n) is 6.26. The van der Waals surface area contributed by atoms with Gasteiger partial charge in [-0.15, -0.1) is 22.9 Å². The number of alkyl halides is 1. The van der Waals surface area contributed by atoms with Crippen LogP contribution in [-0.4, -0.2) is 35.8 Å². The molecule has 2 rings (SSSR count). The standard InChI is InChI=1S/C17H27ClN2OS/c1-4-8-20-9-6-14(5-7-18)10-15(20)17(21)19-16-12(2)11-22-13(16)3/h11,14-15H,4-10H2,1-3H3,(H,19,21)/t14-,15+/m1/s1. The highest BCUT2D eigenvalue weighted by Gasteiger charge is 2.33. The maximum absolute atomic E-state index is 12.8. The van der Waals surface area contributed by atoms with Crippen molar-refractivity contribution >= 4 is 34.5 Å². The molecule has 2 atom stereocenters. The van der Waals surface area contributed by atoms with Crippen LogP contribution >= 0.6 is 22.9 Å². The zero-order chi connectivity index (χ0) is 16.1. The Morgan fingerprint density at radius 2 is 2.27 bits per heavy atom. The number of nitrogens with one attached hydrogen (secondary N) is 1. The topological polar surface area (TPSA) is 32.3 Å². The number of anilines is 1. The molecular formula is C17H27ClN2OS. The Morgan fingerprint density at radius 3 is 2.86 bits per heavy atom. The van der Waals surface area contributed by atoms with Crippen LogP contribution in [-0.2, 0) is 4.79 Å². The van der Waals surface area contributed by atoms with Crippen LogP contribution in [0.3, 0.4) is 0 Å². The maximum Gasteiger partial charge on any atom is 0.241 e. The first-order chi connectivity index (χ1) is 10.6. The summed E-state index contributed by atoms with van der Waals surface area (Å²) < 4.78 is 0. The predicted molar refractivity (Wildman–Crippen MR) is 96.1 cm³/mol. The summed E-state index contributed by atoms with van der Waals surface area (Å²) in [5.74, 6) is 1.42. The SMILES string of the molecule is CCCN1CC[C@@H](CCCl)C[C@H]1C(=O)Nc1c(C)csc1C. The predicted octanol–water partition coefficient (Wildman–Crippen LogP) is 4.42. The van der Waals surface area contributed by atoms with Gasteiger partial charge in [-0.3, -0.25) is 9.69 Å². The zero-order valence-electron chi connectivity index (χ0n) is 13.8. The molecule has 0 radical (unpaired) electrons. The summed E-state index contributed by atoms with van der Waals surface area (Å²) in [5.41, 5.74) is 2.16. The number of thiophene rings is 1. The summed E-state index contributed by atoms with van der Waals surface area (Å²) in [6.07, 6.45) is 4.19. The summed E-state index contributed by atoms with van der Waals surface area (Å²) in [6.45, 7) is 8.30. The molecule has 0 aromatic carbocycles. The van der Waals surface area contributed by atoms with Crippen LogP contribution < -0.4 is 5.32 Å². The van der Waals surface area contributed by atoms with Gasteiger partial charge in [0.05, 0.1) is 11.7 Å². The molecule has 0 unspecified atom stereocenters. The van der Waals surface area contributed by atoms with E-state index in [0.29, 0.717) is 11.8 Å². The van der Waals surface area contributed by atoms with Gasteiger partial charge in [-0.25, -0.2) is 0 Å². The Bertz CT molecular complexity index is 483. The van der Waals surface area contributed by atoms with E-state index in [1.165, 1.54) is 4.88 Å². The molecule has 124 valence electrons. The second kappa shape index (κ2) is 8.32. The van der Waals surface area contributed by atoms with Crippen molar-refractivity contribution < 1.29 is 4.79 Å². The van der Waals surface area contributed by atoms with E-state index < -0.39 is 0 Å². The van der Waals surface area contributed by atoms with Gasteiger partial charge in [-0.05, 0) is 69.5 Å². The van der Waals surface area contributed by atoms with Gasteiger partial charge in [0.15, 0.2) is 0 Å². The number of aryl methyl sites for hydroxylation is 2. The number of rotatable bonds is 6. The molecule has 22 heavy (non-hydrogen) atoms. The first-order valence-corrected chi connectivity index (χ1v) is 9.63. The average Bonchev–Trinajstić information content (AvgIpc) is 2.81. The molecule has 1 aromatic rings. The number of hydrogen-bond acceptors (Lipinski definition) is 3. The molecule has 3 nitrogen and oxygen atoms in total. The third-order valence-corrected chi connectivity index (χ3v) is 5.81. The fourth-order valence-corrected chi connectivity index (χ4v) is 4.41. The Hall–Kier alpha value is -0.580. The quantitative estimate of drug-likeness (QED) is 0.776. The maximum atomic E-state index is 12.8. The minimum atomic E-state index is -0.0133. The molecular weight excluding hydrogens is 316 g/mol. The minimum Gasteiger partial charge on any atom is -0.323 e. The highest BCUT2D eigenvalue weighted by atomic mass is 35.5. The monoisotopic (exact) mass is 342 g/mol. The van der Waals surface area contributed by atoms with Crippen molar-refractivity contribution in [2.45, 2.75) is 52.5 Å². The molecule has 0 bridgehead atoms. The lowest BCUT2D eigenvalue weighted by Gasteiger charge is -2.38. The number of likely N-dealkylation sites (tertiary alicyclic amines) is 1. The number of halogens is 1. The van der Waals surface area contributed by atoms with Gasteiger partial charge in [0.25, 0.3) is 0 Å². The van der Waals surface area contributed by atoms with Crippen molar-refractivity contribution in [3.8, 4) is 0 Å². The van der Waals surface area contributed by atoms with E-state index in [0.717, 1.165) is 50.0 Å². The van der Waals surface area contributed by atoms with Crippen LogP contribution in [0, 0.1) is 19.8 Å². The third kappa shape index (κ3) is 4.24. The van der Waals surface area contributed by atoms with Crippen LogP contribution in [0.2, 0.25) is 0 Å². The van der Waals surface area contributed by atoms with E-state index in [-0.39, 0.29) is 11.9 Å². The van der Waals surface area contributed by atoms with Gasteiger partial charge >= 0.3 is 0 Å². The summed E-state index contributed by atoms with van der Waals surface area (Å²) in [4.78, 5) is 16.3. The normalized spacial score (nSPS) is 22.7. The van der Waals surface area contributed by atoms with Crippen LogP contribution in [0.4, 0.5) is 5.69 Å². The second-order valence-corrected chi connectivity index (χ2v) is 7.72. The molecule has 1 N–H and O–H groups in total. The molecule has 1 aromatic heterocycles. The lowest BCUT2D eigenvalue weighted by Crippen LogP contribution is -2.49. The summed E-state index contributed by atoms with van der Waals surface area (Å²) in [5, 5.41) is 5.28. The van der Waals surface area contributed by atoms with Gasteiger partial charge in [0, 0.05) is 10.8 Å². The number of hydrogen-bond donors (Lipinski definition) is 1. The van der Waals surface area contributed by atoms with Crippen LogP contribution in [0.5, 0.6) is 0 Å². The number of amides is 1. The van der Waals surface area contributed by atoms with Crippen molar-refractivity contribution in [3.05, 3.63) is 15.8 Å². The zero-order valence-corrected chi connectivity index (χ0v) is 15.4. The molecule has 1 amide bonds. The van der Waals surface area contributed by atoms with E-state index in [9.17, 15) is 4.79 Å². The molecule has 1 aliphatic rings. The molecule has 1 saturated heterocycles. The van der Waals surface area contributed by atoms with Crippen molar-refractivity contribution in [1.82, 2.24) is 4.90 Å². The van der Waals surface area contributed by atoms with E-state index in [2.05, 4.69) is 36.4 Å². The fraction of sp³-hybridized carbons (Fsp3) is 0.706. The Balaban J connectivity index is 2.08. The first kappa shape index (κ1) is 17.8. The average molecular weight is 343 g/mol. The Morgan fingerprint density at radius 1 is 1.50 bits per heavy atom. The van der Waals surface area contributed by atoms with E-state index >= 15 is 0 Å². The molecule has 1 aliphatic heterocycles. The lowest BCUT2D eigenvalue weighted by atomic mass is 9.88. The van der Waals surface area contributed by atoms with Crippen LogP contribution in [0.1, 0.15) is 43.0 Å². The van der Waals surface area contributed by atoms with Gasteiger partial charge < -0.3 is 5.32 Å². The minimum absolute atomic E-state index is 0.0133. The lowest BCUT2D eigenvalue weighted by molar-refractivity contribution is -0.123. The first-order valence-electron chi connectivity index (χ1n) is 8.22. The smallest absolute Gasteiger partial charge is 0.241 e. The molecule has 2 heterocycles. The van der Waals surface area contributed by atoms with Crippen molar-refractivity contribution in [2.24, 2.45) is 5.92 Å². The summed E-state index contributed by atoms with van der Waals surface area (Å²) in [7, 11) is 0. The largest absolute Gasteiger partial charge is 0.323 e. The highest BCUT2D eigenvalue weighted by Crippen LogP contribution is 2.30. The Kier molecular flexibility index (Phi) is 6.72. The molecule has 0 aliphatic carbocycles. The van der Waals surface area contributed by atoms with Crippen LogP contribution in [0.15, 0.2) is 5.38 Å². The highest BCUT2D eigenvalue weighted by molar-refractivity contribution is 7.10. The molecule has 0 spiro atoms. The molecule has 5 heteroatoms. The van der Waals surface area contributed by atoms with Gasteiger partial charge in [-0.2, -0.15) is 0 Å². The number of nitrogens with zero attached hydrogens (tertiary/aromatic N) is 1. The number of carbonyl (C=O) groups excluding carboxylic acids is 1. The van der Waals surface area contributed by atoms with Gasteiger partial charge in [0.2, 0.25) is 5.91 Å². The summed E-state index contributed by atoms with van der Waals surface area (Å²) >= 11 is 7.60. The van der Waals surface area contributed by atoms with Gasteiger partial charge in [-0.1, -0.05) is 6.92 Å². The Labute approximate surface area is 143 Å². The molecule has 1 fully saturated rings. The van der Waals surface area contributed by atoms with Crippen molar-refractivity contribution in [3.63, 3.8) is 0 Å². The fourth-order valence-electron chi connectivity index (χ4n) is 3.30. The van der Waals surface area contributed by atoms with Crippen molar-refractivity contribution in [1.29, 1.82) is 0 Å².